The monoisotopic (exact) mass is 429 g/mol. The molecular formula is C33H19N. The Bertz CT molecular complexity index is 1870. The van der Waals surface area contributed by atoms with Crippen molar-refractivity contribution in [3.8, 4) is 28.3 Å². The fourth-order valence-electron chi connectivity index (χ4n) is 5.56. The van der Waals surface area contributed by atoms with Crippen LogP contribution in [-0.2, 0) is 0 Å². The van der Waals surface area contributed by atoms with Crippen LogP contribution in [0.1, 0.15) is 5.56 Å². The van der Waals surface area contributed by atoms with Gasteiger partial charge < -0.3 is 0 Å². The van der Waals surface area contributed by atoms with Gasteiger partial charge in [0.15, 0.2) is 0 Å². The van der Waals surface area contributed by atoms with E-state index in [0.717, 1.165) is 5.56 Å². The molecule has 1 heteroatoms. The summed E-state index contributed by atoms with van der Waals surface area (Å²) in [5.41, 5.74) is 5.52. The van der Waals surface area contributed by atoms with Crippen molar-refractivity contribution in [3.05, 3.63) is 121 Å². The number of fused-ring (bicyclic) bond motifs is 2. The molecule has 0 spiro atoms. The minimum atomic E-state index is 0.682. The molecule has 0 amide bonds. The standard InChI is InChI=1S/C33H19N/c34-20-21-12-14-23(15-13-21)25-17-19-31-30-18-16-24(22-6-2-1-3-7-22)26-8-4-10-28(32(26)30)29-11-5-9-27(25)33(29)31/h1-19H. The Hall–Kier alpha value is -4.67. The summed E-state index contributed by atoms with van der Waals surface area (Å²) < 4.78 is 0. The number of hydrogen-bond acceptors (Lipinski definition) is 1. The van der Waals surface area contributed by atoms with Gasteiger partial charge >= 0.3 is 0 Å². The minimum absolute atomic E-state index is 0.682. The maximum Gasteiger partial charge on any atom is 0.0991 e. The lowest BCUT2D eigenvalue weighted by Gasteiger charge is -2.18. The highest BCUT2D eigenvalue weighted by molar-refractivity contribution is 6.35. The van der Waals surface area contributed by atoms with E-state index in [9.17, 15) is 5.26 Å². The zero-order valence-electron chi connectivity index (χ0n) is 18.4. The fourth-order valence-corrected chi connectivity index (χ4v) is 5.56. The van der Waals surface area contributed by atoms with Gasteiger partial charge in [0, 0.05) is 0 Å². The first-order valence-electron chi connectivity index (χ1n) is 11.5. The van der Waals surface area contributed by atoms with Crippen LogP contribution in [0.25, 0.3) is 65.3 Å². The molecule has 0 aliphatic carbocycles. The van der Waals surface area contributed by atoms with Crippen molar-refractivity contribution in [1.82, 2.24) is 0 Å². The molecule has 0 bridgehead atoms. The fraction of sp³-hybridized carbons (Fsp3) is 0. The van der Waals surface area contributed by atoms with Crippen LogP contribution >= 0.6 is 0 Å². The molecule has 0 heterocycles. The van der Waals surface area contributed by atoms with Gasteiger partial charge in [-0.25, -0.2) is 0 Å². The molecule has 1 nitrogen and oxygen atoms in total. The maximum absolute atomic E-state index is 9.19. The maximum atomic E-state index is 9.19. The van der Waals surface area contributed by atoms with Crippen molar-refractivity contribution in [2.24, 2.45) is 0 Å². The topological polar surface area (TPSA) is 23.8 Å². The van der Waals surface area contributed by atoms with E-state index in [1.54, 1.807) is 0 Å². The molecule has 0 fully saturated rings. The van der Waals surface area contributed by atoms with E-state index < -0.39 is 0 Å². The van der Waals surface area contributed by atoms with Gasteiger partial charge in [0.25, 0.3) is 0 Å². The summed E-state index contributed by atoms with van der Waals surface area (Å²) >= 11 is 0. The molecule has 0 saturated heterocycles. The van der Waals surface area contributed by atoms with E-state index >= 15 is 0 Å². The molecule has 7 rings (SSSR count). The molecule has 0 aliphatic heterocycles. The van der Waals surface area contributed by atoms with Gasteiger partial charge in [-0.2, -0.15) is 5.26 Å². The Labute approximate surface area is 197 Å². The van der Waals surface area contributed by atoms with E-state index in [0.29, 0.717) is 5.56 Å². The first kappa shape index (κ1) is 18.9. The average Bonchev–Trinajstić information content (AvgIpc) is 2.91. The van der Waals surface area contributed by atoms with Crippen molar-refractivity contribution in [2.75, 3.05) is 0 Å². The van der Waals surface area contributed by atoms with Gasteiger partial charge in [0.1, 0.15) is 0 Å². The lowest BCUT2D eigenvalue weighted by Crippen LogP contribution is -1.90. The SMILES string of the molecule is N#Cc1ccc(-c2ccc3c4ccc(-c5ccccc5)c5cccc(c6cccc2c63)c54)cc1. The van der Waals surface area contributed by atoms with E-state index in [4.69, 9.17) is 0 Å². The van der Waals surface area contributed by atoms with Crippen LogP contribution < -0.4 is 0 Å². The molecule has 0 aliphatic rings. The number of benzene rings is 7. The Balaban J connectivity index is 1.61. The third-order valence-corrected chi connectivity index (χ3v) is 7.07. The predicted molar refractivity (Wildman–Crippen MR) is 143 cm³/mol. The largest absolute Gasteiger partial charge is 0.192 e. The van der Waals surface area contributed by atoms with Gasteiger partial charge in [-0.1, -0.05) is 103 Å². The van der Waals surface area contributed by atoms with Crippen molar-refractivity contribution < 1.29 is 0 Å². The van der Waals surface area contributed by atoms with Crippen molar-refractivity contribution in [2.45, 2.75) is 0 Å². The third kappa shape index (κ3) is 2.60. The Morgan fingerprint density at radius 1 is 0.382 bits per heavy atom. The normalized spacial score (nSPS) is 11.5. The van der Waals surface area contributed by atoms with Crippen LogP contribution in [0.2, 0.25) is 0 Å². The van der Waals surface area contributed by atoms with Crippen molar-refractivity contribution in [3.63, 3.8) is 0 Å². The summed E-state index contributed by atoms with van der Waals surface area (Å²) in [5.74, 6) is 0. The highest BCUT2D eigenvalue weighted by Crippen LogP contribution is 2.44. The van der Waals surface area contributed by atoms with Crippen LogP contribution in [-0.4, -0.2) is 0 Å². The van der Waals surface area contributed by atoms with Gasteiger partial charge in [-0.05, 0) is 77.5 Å². The molecular weight excluding hydrogens is 410 g/mol. The lowest BCUT2D eigenvalue weighted by molar-refractivity contribution is 1.48. The molecule has 34 heavy (non-hydrogen) atoms. The van der Waals surface area contributed by atoms with Crippen LogP contribution in [0, 0.1) is 11.3 Å². The van der Waals surface area contributed by atoms with E-state index in [2.05, 4.69) is 97.1 Å². The van der Waals surface area contributed by atoms with Crippen LogP contribution in [0.3, 0.4) is 0 Å². The second-order valence-corrected chi connectivity index (χ2v) is 8.83. The predicted octanol–water partition coefficient (Wildman–Crippen LogP) is 8.94. The molecule has 0 atom stereocenters. The summed E-state index contributed by atoms with van der Waals surface area (Å²) in [6.45, 7) is 0. The summed E-state index contributed by atoms with van der Waals surface area (Å²) in [7, 11) is 0. The highest BCUT2D eigenvalue weighted by Gasteiger charge is 2.16. The zero-order chi connectivity index (χ0) is 22.6. The summed E-state index contributed by atoms with van der Waals surface area (Å²) in [4.78, 5) is 0. The minimum Gasteiger partial charge on any atom is -0.192 e. The van der Waals surface area contributed by atoms with Crippen molar-refractivity contribution >= 4 is 43.1 Å². The molecule has 156 valence electrons. The van der Waals surface area contributed by atoms with Gasteiger partial charge in [0.2, 0.25) is 0 Å². The lowest BCUT2D eigenvalue weighted by atomic mass is 9.85. The molecule has 0 saturated carbocycles. The van der Waals surface area contributed by atoms with E-state index in [-0.39, 0.29) is 0 Å². The van der Waals surface area contributed by atoms with E-state index in [1.165, 1.54) is 59.8 Å². The van der Waals surface area contributed by atoms with Crippen molar-refractivity contribution in [1.29, 1.82) is 5.26 Å². The highest BCUT2D eigenvalue weighted by atomic mass is 14.2. The van der Waals surface area contributed by atoms with Crippen LogP contribution in [0.4, 0.5) is 0 Å². The number of hydrogen-bond donors (Lipinski definition) is 0. The number of rotatable bonds is 2. The molecule has 0 N–H and O–H groups in total. The smallest absolute Gasteiger partial charge is 0.0991 e. The van der Waals surface area contributed by atoms with E-state index in [1.807, 2.05) is 24.3 Å². The number of nitriles is 1. The molecule has 0 unspecified atom stereocenters. The molecule has 7 aromatic rings. The van der Waals surface area contributed by atoms with Crippen LogP contribution in [0.15, 0.2) is 115 Å². The second-order valence-electron chi connectivity index (χ2n) is 8.83. The average molecular weight is 430 g/mol. The van der Waals surface area contributed by atoms with Gasteiger partial charge in [-0.15, -0.1) is 0 Å². The first-order valence-corrected chi connectivity index (χ1v) is 11.5. The summed E-state index contributed by atoms with van der Waals surface area (Å²) in [5, 5.41) is 19.5. The second kappa shape index (κ2) is 7.17. The first-order chi connectivity index (χ1) is 16.8. The summed E-state index contributed by atoms with van der Waals surface area (Å²) in [6, 6.07) is 43.1. The molecule has 0 radical (unpaired) electrons. The Morgan fingerprint density at radius 2 is 0.853 bits per heavy atom. The third-order valence-electron chi connectivity index (χ3n) is 7.07. The van der Waals surface area contributed by atoms with Gasteiger partial charge in [-0.3, -0.25) is 0 Å². The number of nitrogens with zero attached hydrogens (tertiary/aromatic N) is 1. The molecule has 7 aromatic carbocycles. The van der Waals surface area contributed by atoms with Gasteiger partial charge in [0.05, 0.1) is 11.6 Å². The Morgan fingerprint density at radius 3 is 1.38 bits per heavy atom. The molecule has 0 aromatic heterocycles. The quantitative estimate of drug-likeness (QED) is 0.199. The van der Waals surface area contributed by atoms with Crippen LogP contribution in [0.5, 0.6) is 0 Å². The Kier molecular flexibility index (Phi) is 3.98. The zero-order valence-corrected chi connectivity index (χ0v) is 18.4. The summed E-state index contributed by atoms with van der Waals surface area (Å²) in [6.07, 6.45) is 0.